The molecule has 2 atom stereocenters. The Balaban J connectivity index is 2.51. The van der Waals surface area contributed by atoms with Crippen LogP contribution < -0.4 is 0 Å². The molecule has 1 amide bonds. The second-order valence-corrected chi connectivity index (χ2v) is 7.07. The average Bonchev–Trinajstić information content (AvgIpc) is 2.84. The van der Waals surface area contributed by atoms with Gasteiger partial charge in [0.05, 0.1) is 31.2 Å². The first-order valence-corrected chi connectivity index (χ1v) is 8.63. The minimum Gasteiger partial charge on any atom is -0.333 e. The number of hydrogen-bond donors (Lipinski definition) is 0. The molecule has 0 saturated carbocycles. The molecular formula is C15H14Cl5NO. The van der Waals surface area contributed by atoms with E-state index in [1.165, 1.54) is 0 Å². The van der Waals surface area contributed by atoms with Gasteiger partial charge < -0.3 is 4.90 Å². The highest BCUT2D eigenvalue weighted by atomic mass is 35.5. The van der Waals surface area contributed by atoms with Gasteiger partial charge in [-0.25, -0.2) is 0 Å². The monoisotopic (exact) mass is 399 g/mol. The Morgan fingerprint density at radius 2 is 1.64 bits per heavy atom. The summed E-state index contributed by atoms with van der Waals surface area (Å²) in [5.41, 5.74) is 0.520. The van der Waals surface area contributed by atoms with Gasteiger partial charge in [0.25, 0.3) is 0 Å². The number of benzene rings is 1. The van der Waals surface area contributed by atoms with Crippen LogP contribution in [0.3, 0.4) is 0 Å². The molecule has 0 radical (unpaired) electrons. The van der Waals surface area contributed by atoms with E-state index in [1.807, 2.05) is 6.92 Å². The van der Waals surface area contributed by atoms with Crippen molar-refractivity contribution in [3.05, 3.63) is 43.3 Å². The van der Waals surface area contributed by atoms with Gasteiger partial charge in [0.1, 0.15) is 0 Å². The molecule has 1 fully saturated rings. The normalized spacial score (nSPS) is 19.6. The maximum atomic E-state index is 12.2. The third kappa shape index (κ3) is 3.09. The molecule has 7 heteroatoms. The molecule has 0 aliphatic carbocycles. The van der Waals surface area contributed by atoms with E-state index in [9.17, 15) is 4.79 Å². The Morgan fingerprint density at radius 1 is 1.14 bits per heavy atom. The topological polar surface area (TPSA) is 20.3 Å². The SMILES string of the molecule is C=CC[C@@H]1CCC(=O)N1[C@@H](C)c1c(Cl)c(Cl)c(Cl)c(Cl)c1Cl. The summed E-state index contributed by atoms with van der Waals surface area (Å²) in [5.74, 6) is 0.0497. The fraction of sp³-hybridized carbons (Fsp3) is 0.400. The predicted molar refractivity (Wildman–Crippen MR) is 94.6 cm³/mol. The molecule has 1 aromatic rings. The zero-order valence-electron chi connectivity index (χ0n) is 11.8. The molecular weight excluding hydrogens is 387 g/mol. The molecule has 1 aromatic carbocycles. The molecule has 1 heterocycles. The number of nitrogens with zero attached hydrogens (tertiary/aromatic N) is 1. The van der Waals surface area contributed by atoms with E-state index in [0.29, 0.717) is 18.4 Å². The smallest absolute Gasteiger partial charge is 0.223 e. The standard InChI is InChI=1S/C15H14Cl5NO/c1-3-4-8-5-6-9(22)21(8)7(2)10-11(16)13(18)15(20)14(19)12(10)17/h3,7-8H,1,4-6H2,2H3/t7-,8+/m0/s1. The highest BCUT2D eigenvalue weighted by Crippen LogP contribution is 2.48. The van der Waals surface area contributed by atoms with Crippen LogP contribution in [0, 0.1) is 0 Å². The van der Waals surface area contributed by atoms with Crippen molar-refractivity contribution in [3.63, 3.8) is 0 Å². The largest absolute Gasteiger partial charge is 0.333 e. The second-order valence-electron chi connectivity index (χ2n) is 5.18. The van der Waals surface area contributed by atoms with Gasteiger partial charge in [-0.05, 0) is 19.8 Å². The van der Waals surface area contributed by atoms with Crippen molar-refractivity contribution < 1.29 is 4.79 Å². The lowest BCUT2D eigenvalue weighted by Crippen LogP contribution is -2.35. The summed E-state index contributed by atoms with van der Waals surface area (Å²) in [4.78, 5) is 14.0. The molecule has 0 spiro atoms. The zero-order chi connectivity index (χ0) is 16.6. The number of amides is 1. The Labute approximate surface area is 154 Å². The molecule has 22 heavy (non-hydrogen) atoms. The molecule has 2 nitrogen and oxygen atoms in total. The molecule has 1 aliphatic heterocycles. The van der Waals surface area contributed by atoms with Gasteiger partial charge in [0.2, 0.25) is 5.91 Å². The van der Waals surface area contributed by atoms with Gasteiger partial charge in [-0.2, -0.15) is 0 Å². The van der Waals surface area contributed by atoms with E-state index < -0.39 is 0 Å². The lowest BCUT2D eigenvalue weighted by molar-refractivity contribution is -0.131. The predicted octanol–water partition coefficient (Wildman–Crippen LogP) is 6.58. The zero-order valence-corrected chi connectivity index (χ0v) is 15.6. The Kier molecular flexibility index (Phi) is 5.95. The first-order chi connectivity index (χ1) is 10.3. The van der Waals surface area contributed by atoms with E-state index in [-0.39, 0.29) is 43.1 Å². The van der Waals surface area contributed by atoms with Gasteiger partial charge >= 0.3 is 0 Å². The van der Waals surface area contributed by atoms with E-state index in [0.717, 1.165) is 6.42 Å². The number of rotatable bonds is 4. The Morgan fingerprint density at radius 3 is 2.14 bits per heavy atom. The van der Waals surface area contributed by atoms with Crippen molar-refractivity contribution in [2.24, 2.45) is 0 Å². The second kappa shape index (κ2) is 7.19. The lowest BCUT2D eigenvalue weighted by atomic mass is 10.0. The maximum Gasteiger partial charge on any atom is 0.223 e. The molecule has 0 unspecified atom stereocenters. The van der Waals surface area contributed by atoms with Gasteiger partial charge in [0.15, 0.2) is 0 Å². The van der Waals surface area contributed by atoms with E-state index >= 15 is 0 Å². The van der Waals surface area contributed by atoms with Crippen LogP contribution in [-0.4, -0.2) is 16.8 Å². The number of hydrogen-bond acceptors (Lipinski definition) is 1. The van der Waals surface area contributed by atoms with Crippen LogP contribution in [0.5, 0.6) is 0 Å². The number of likely N-dealkylation sites (tertiary alicyclic amines) is 1. The van der Waals surface area contributed by atoms with Crippen LogP contribution >= 0.6 is 58.0 Å². The van der Waals surface area contributed by atoms with Crippen LogP contribution in [0.25, 0.3) is 0 Å². The summed E-state index contributed by atoms with van der Waals surface area (Å²) in [5, 5.41) is 0.860. The highest BCUT2D eigenvalue weighted by molar-refractivity contribution is 6.55. The third-order valence-corrected chi connectivity index (χ3v) is 6.20. The molecule has 0 aromatic heterocycles. The fourth-order valence-corrected chi connectivity index (χ4v) is 4.31. The van der Waals surface area contributed by atoms with Gasteiger partial charge in [-0.3, -0.25) is 4.79 Å². The quantitative estimate of drug-likeness (QED) is 0.317. The summed E-state index contributed by atoms with van der Waals surface area (Å²) in [7, 11) is 0. The van der Waals surface area contributed by atoms with Crippen LogP contribution in [0.4, 0.5) is 0 Å². The number of halogens is 5. The molecule has 0 N–H and O–H groups in total. The maximum absolute atomic E-state index is 12.2. The van der Waals surface area contributed by atoms with Crippen molar-refractivity contribution in [3.8, 4) is 0 Å². The first kappa shape index (κ1) is 18.2. The first-order valence-electron chi connectivity index (χ1n) is 6.74. The van der Waals surface area contributed by atoms with Crippen LogP contribution in [0.2, 0.25) is 25.1 Å². The van der Waals surface area contributed by atoms with Gasteiger partial charge in [-0.1, -0.05) is 64.1 Å². The summed E-state index contributed by atoms with van der Waals surface area (Å²) in [6.45, 7) is 5.60. The molecule has 1 saturated heterocycles. The molecule has 120 valence electrons. The molecule has 0 bridgehead atoms. The number of carbonyl (C=O) groups excluding carboxylic acids is 1. The van der Waals surface area contributed by atoms with E-state index in [2.05, 4.69) is 6.58 Å². The third-order valence-electron chi connectivity index (χ3n) is 3.89. The minimum absolute atomic E-state index is 0.0497. The van der Waals surface area contributed by atoms with Crippen molar-refractivity contribution >= 4 is 63.9 Å². The summed E-state index contributed by atoms with van der Waals surface area (Å²) in [6, 6.07) is -0.285. The Bertz CT molecular complexity index is 602. The average molecular weight is 402 g/mol. The number of carbonyl (C=O) groups is 1. The van der Waals surface area contributed by atoms with E-state index in [1.54, 1.807) is 11.0 Å². The van der Waals surface area contributed by atoms with Crippen molar-refractivity contribution in [2.75, 3.05) is 0 Å². The van der Waals surface area contributed by atoms with Crippen molar-refractivity contribution in [1.82, 2.24) is 4.90 Å². The summed E-state index contributed by atoms with van der Waals surface area (Å²) in [6.07, 6.45) is 3.78. The van der Waals surface area contributed by atoms with Crippen molar-refractivity contribution in [2.45, 2.75) is 38.3 Å². The van der Waals surface area contributed by atoms with Gasteiger partial charge in [-0.15, -0.1) is 6.58 Å². The molecule has 1 aliphatic rings. The summed E-state index contributed by atoms with van der Waals surface area (Å²) >= 11 is 30.8. The van der Waals surface area contributed by atoms with Crippen molar-refractivity contribution in [1.29, 1.82) is 0 Å². The molecule has 2 rings (SSSR count). The van der Waals surface area contributed by atoms with Crippen LogP contribution in [-0.2, 0) is 4.79 Å². The van der Waals surface area contributed by atoms with E-state index in [4.69, 9.17) is 58.0 Å². The van der Waals surface area contributed by atoms with Crippen LogP contribution in [0.1, 0.15) is 37.8 Å². The van der Waals surface area contributed by atoms with Gasteiger partial charge in [0, 0.05) is 18.0 Å². The summed E-state index contributed by atoms with van der Waals surface area (Å²) < 4.78 is 0. The lowest BCUT2D eigenvalue weighted by Gasteiger charge is -2.32. The Hall–Kier alpha value is -0.120. The van der Waals surface area contributed by atoms with Crippen LogP contribution in [0.15, 0.2) is 12.7 Å². The minimum atomic E-state index is -0.354. The fourth-order valence-electron chi connectivity index (χ4n) is 2.85. The highest BCUT2D eigenvalue weighted by Gasteiger charge is 2.36.